The van der Waals surface area contributed by atoms with Crippen LogP contribution in [0.3, 0.4) is 0 Å². The highest BCUT2D eigenvalue weighted by Gasteiger charge is 2.03. The lowest BCUT2D eigenvalue weighted by Crippen LogP contribution is -2.05. The molecule has 0 bridgehead atoms. The molecule has 2 aromatic rings. The number of aryl methyl sites for hydroxylation is 1. The third-order valence-electron chi connectivity index (χ3n) is 2.67. The molecule has 0 fully saturated rings. The van der Waals surface area contributed by atoms with Gasteiger partial charge in [-0.05, 0) is 55.4 Å². The molecule has 0 unspecified atom stereocenters. The molecule has 2 rings (SSSR count). The van der Waals surface area contributed by atoms with E-state index in [1.165, 1.54) is 12.1 Å². The molecule has 2 aromatic carbocycles. The van der Waals surface area contributed by atoms with Gasteiger partial charge in [-0.3, -0.25) is 0 Å². The monoisotopic (exact) mass is 245 g/mol. The minimum atomic E-state index is -0.261. The molecular weight excluding hydrogens is 229 g/mol. The van der Waals surface area contributed by atoms with Crippen molar-refractivity contribution in [3.05, 3.63) is 59.4 Å². The van der Waals surface area contributed by atoms with Crippen molar-refractivity contribution >= 4 is 0 Å². The first-order valence-electron chi connectivity index (χ1n) is 5.86. The van der Waals surface area contributed by atoms with E-state index in [-0.39, 0.29) is 5.82 Å². The zero-order valence-corrected chi connectivity index (χ0v) is 10.5. The third-order valence-corrected chi connectivity index (χ3v) is 2.67. The van der Waals surface area contributed by atoms with Crippen molar-refractivity contribution in [2.75, 3.05) is 7.05 Å². The van der Waals surface area contributed by atoms with Gasteiger partial charge >= 0.3 is 0 Å². The summed E-state index contributed by atoms with van der Waals surface area (Å²) < 4.78 is 18.6. The molecule has 3 heteroatoms. The predicted molar refractivity (Wildman–Crippen MR) is 70.4 cm³/mol. The maximum absolute atomic E-state index is 12.8. The standard InChI is InChI=1S/C15H16FNO/c1-11-3-4-12(10-17-2)9-15(11)18-14-7-5-13(16)6-8-14/h3-9,17H,10H2,1-2H3. The maximum atomic E-state index is 12.8. The summed E-state index contributed by atoms with van der Waals surface area (Å²) in [7, 11) is 1.90. The maximum Gasteiger partial charge on any atom is 0.130 e. The van der Waals surface area contributed by atoms with Gasteiger partial charge in [-0.1, -0.05) is 12.1 Å². The second-order valence-electron chi connectivity index (χ2n) is 4.19. The van der Waals surface area contributed by atoms with E-state index in [1.807, 2.05) is 26.1 Å². The second-order valence-corrected chi connectivity index (χ2v) is 4.19. The third kappa shape index (κ3) is 3.08. The number of ether oxygens (including phenoxy) is 1. The van der Waals surface area contributed by atoms with Gasteiger partial charge in [-0.2, -0.15) is 0 Å². The van der Waals surface area contributed by atoms with Crippen LogP contribution in [0, 0.1) is 12.7 Å². The van der Waals surface area contributed by atoms with Gasteiger partial charge in [0.25, 0.3) is 0 Å². The lowest BCUT2D eigenvalue weighted by Gasteiger charge is -2.10. The molecule has 0 saturated carbocycles. The van der Waals surface area contributed by atoms with Crippen LogP contribution < -0.4 is 10.1 Å². The number of halogens is 1. The van der Waals surface area contributed by atoms with Crippen LogP contribution in [-0.4, -0.2) is 7.05 Å². The van der Waals surface area contributed by atoms with E-state index in [9.17, 15) is 4.39 Å². The van der Waals surface area contributed by atoms with Crippen molar-refractivity contribution in [3.8, 4) is 11.5 Å². The zero-order valence-electron chi connectivity index (χ0n) is 10.5. The summed E-state index contributed by atoms with van der Waals surface area (Å²) in [6.45, 7) is 2.78. The van der Waals surface area contributed by atoms with Crippen LogP contribution in [0.1, 0.15) is 11.1 Å². The summed E-state index contributed by atoms with van der Waals surface area (Å²) in [5.41, 5.74) is 2.21. The number of benzene rings is 2. The fourth-order valence-corrected chi connectivity index (χ4v) is 1.70. The Hall–Kier alpha value is -1.87. The number of nitrogens with one attached hydrogen (secondary N) is 1. The van der Waals surface area contributed by atoms with Crippen LogP contribution in [-0.2, 0) is 6.54 Å². The van der Waals surface area contributed by atoms with Crippen molar-refractivity contribution in [2.45, 2.75) is 13.5 Å². The van der Waals surface area contributed by atoms with Gasteiger partial charge in [0, 0.05) is 6.54 Å². The molecule has 0 atom stereocenters. The highest BCUT2D eigenvalue weighted by Crippen LogP contribution is 2.26. The van der Waals surface area contributed by atoms with E-state index in [0.717, 1.165) is 23.4 Å². The SMILES string of the molecule is CNCc1ccc(C)c(Oc2ccc(F)cc2)c1. The highest BCUT2D eigenvalue weighted by molar-refractivity contribution is 5.40. The van der Waals surface area contributed by atoms with Crippen LogP contribution in [0.2, 0.25) is 0 Å². The molecule has 0 aliphatic carbocycles. The van der Waals surface area contributed by atoms with Gasteiger partial charge in [0.15, 0.2) is 0 Å². The van der Waals surface area contributed by atoms with Crippen LogP contribution in [0.25, 0.3) is 0 Å². The molecule has 2 nitrogen and oxygen atoms in total. The van der Waals surface area contributed by atoms with Crippen molar-refractivity contribution < 1.29 is 9.13 Å². The Balaban J connectivity index is 2.22. The highest BCUT2D eigenvalue weighted by atomic mass is 19.1. The molecule has 0 aliphatic rings. The van der Waals surface area contributed by atoms with E-state index >= 15 is 0 Å². The molecule has 94 valence electrons. The molecule has 0 aromatic heterocycles. The topological polar surface area (TPSA) is 21.3 Å². The average molecular weight is 245 g/mol. The van der Waals surface area contributed by atoms with Crippen molar-refractivity contribution in [1.82, 2.24) is 5.32 Å². The minimum Gasteiger partial charge on any atom is -0.457 e. The fraction of sp³-hybridized carbons (Fsp3) is 0.200. The first-order chi connectivity index (χ1) is 8.69. The molecular formula is C15H16FNO. The zero-order chi connectivity index (χ0) is 13.0. The Morgan fingerprint density at radius 3 is 2.50 bits per heavy atom. The molecule has 0 amide bonds. The molecule has 0 aliphatic heterocycles. The van der Waals surface area contributed by atoms with Gasteiger partial charge in [0.1, 0.15) is 17.3 Å². The number of rotatable bonds is 4. The molecule has 1 N–H and O–H groups in total. The van der Waals surface area contributed by atoms with Gasteiger partial charge in [0.05, 0.1) is 0 Å². The van der Waals surface area contributed by atoms with Crippen molar-refractivity contribution in [3.63, 3.8) is 0 Å². The van der Waals surface area contributed by atoms with Gasteiger partial charge in [-0.15, -0.1) is 0 Å². The van der Waals surface area contributed by atoms with E-state index < -0.39 is 0 Å². The van der Waals surface area contributed by atoms with E-state index in [1.54, 1.807) is 12.1 Å². The van der Waals surface area contributed by atoms with Gasteiger partial charge in [-0.25, -0.2) is 4.39 Å². The van der Waals surface area contributed by atoms with E-state index in [2.05, 4.69) is 11.4 Å². The summed E-state index contributed by atoms with van der Waals surface area (Å²) in [6, 6.07) is 12.1. The lowest BCUT2D eigenvalue weighted by atomic mass is 10.1. The minimum absolute atomic E-state index is 0.261. The fourth-order valence-electron chi connectivity index (χ4n) is 1.70. The summed E-state index contributed by atoms with van der Waals surface area (Å²) in [5.74, 6) is 1.18. The smallest absolute Gasteiger partial charge is 0.130 e. The first-order valence-corrected chi connectivity index (χ1v) is 5.86. The summed E-state index contributed by atoms with van der Waals surface area (Å²) in [4.78, 5) is 0. The lowest BCUT2D eigenvalue weighted by molar-refractivity contribution is 0.476. The largest absolute Gasteiger partial charge is 0.457 e. The average Bonchev–Trinajstić information content (AvgIpc) is 2.36. The Bertz CT molecular complexity index is 523. The van der Waals surface area contributed by atoms with Gasteiger partial charge < -0.3 is 10.1 Å². The van der Waals surface area contributed by atoms with Crippen molar-refractivity contribution in [1.29, 1.82) is 0 Å². The van der Waals surface area contributed by atoms with E-state index in [4.69, 9.17) is 4.74 Å². The summed E-state index contributed by atoms with van der Waals surface area (Å²) in [6.07, 6.45) is 0. The molecule has 0 radical (unpaired) electrons. The van der Waals surface area contributed by atoms with Crippen molar-refractivity contribution in [2.24, 2.45) is 0 Å². The number of hydrogen-bond acceptors (Lipinski definition) is 2. The van der Waals surface area contributed by atoms with Crippen LogP contribution in [0.5, 0.6) is 11.5 Å². The Morgan fingerprint density at radius 1 is 1.11 bits per heavy atom. The summed E-state index contributed by atoms with van der Waals surface area (Å²) in [5, 5.41) is 3.10. The quantitative estimate of drug-likeness (QED) is 0.887. The van der Waals surface area contributed by atoms with Gasteiger partial charge in [0.2, 0.25) is 0 Å². The molecule has 18 heavy (non-hydrogen) atoms. The second kappa shape index (κ2) is 5.65. The number of hydrogen-bond donors (Lipinski definition) is 1. The normalized spacial score (nSPS) is 10.4. The van der Waals surface area contributed by atoms with Crippen LogP contribution in [0.4, 0.5) is 4.39 Å². The molecule has 0 spiro atoms. The Morgan fingerprint density at radius 2 is 1.83 bits per heavy atom. The molecule has 0 heterocycles. The summed E-state index contributed by atoms with van der Waals surface area (Å²) >= 11 is 0. The Kier molecular flexibility index (Phi) is 3.95. The Labute approximate surface area is 106 Å². The van der Waals surface area contributed by atoms with Crippen LogP contribution >= 0.6 is 0 Å². The molecule has 0 saturated heterocycles. The van der Waals surface area contributed by atoms with E-state index in [0.29, 0.717) is 5.75 Å². The predicted octanol–water partition coefficient (Wildman–Crippen LogP) is 3.65. The van der Waals surface area contributed by atoms with Crippen LogP contribution in [0.15, 0.2) is 42.5 Å². The first kappa shape index (κ1) is 12.6.